The molecule has 0 saturated heterocycles. The highest BCUT2D eigenvalue weighted by Gasteiger charge is 2.06. The van der Waals surface area contributed by atoms with Crippen molar-refractivity contribution >= 4 is 5.78 Å². The molecular formula is C13H24N4O. The number of Topliss-reactive ketones (excluding diaryl/α,β-unsaturated/α-hetero) is 1. The molecule has 0 N–H and O–H groups in total. The second kappa shape index (κ2) is 7.26. The van der Waals surface area contributed by atoms with E-state index in [0.29, 0.717) is 25.4 Å². The van der Waals surface area contributed by atoms with Crippen molar-refractivity contribution in [3.05, 3.63) is 11.9 Å². The van der Waals surface area contributed by atoms with E-state index in [1.54, 1.807) is 4.68 Å². The van der Waals surface area contributed by atoms with Gasteiger partial charge in [0.1, 0.15) is 5.78 Å². The fourth-order valence-corrected chi connectivity index (χ4v) is 1.53. The van der Waals surface area contributed by atoms with Crippen LogP contribution in [0.4, 0.5) is 0 Å². The Labute approximate surface area is 109 Å². The van der Waals surface area contributed by atoms with Gasteiger partial charge in [-0.15, -0.1) is 5.10 Å². The molecule has 5 heteroatoms. The summed E-state index contributed by atoms with van der Waals surface area (Å²) in [5.41, 5.74) is 0.992. The number of carbonyl (C=O) groups is 1. The molecule has 0 aliphatic heterocycles. The molecule has 102 valence electrons. The largest absolute Gasteiger partial charge is 0.304 e. The molecule has 18 heavy (non-hydrogen) atoms. The van der Waals surface area contributed by atoms with Crippen LogP contribution in [0.25, 0.3) is 0 Å². The Morgan fingerprint density at radius 1 is 1.50 bits per heavy atom. The van der Waals surface area contributed by atoms with Crippen molar-refractivity contribution in [1.29, 1.82) is 0 Å². The predicted octanol–water partition coefficient (Wildman–Crippen LogP) is 1.53. The van der Waals surface area contributed by atoms with Crippen LogP contribution in [0, 0.1) is 0 Å². The first kappa shape index (κ1) is 14.8. The van der Waals surface area contributed by atoms with E-state index in [2.05, 4.69) is 36.1 Å². The monoisotopic (exact) mass is 252 g/mol. The average molecular weight is 252 g/mol. The van der Waals surface area contributed by atoms with Crippen molar-refractivity contribution in [2.45, 2.75) is 52.6 Å². The Balaban J connectivity index is 2.36. The molecule has 0 fully saturated rings. The van der Waals surface area contributed by atoms with Gasteiger partial charge in [-0.05, 0) is 20.9 Å². The van der Waals surface area contributed by atoms with Crippen molar-refractivity contribution in [2.75, 3.05) is 13.6 Å². The number of hydrogen-bond donors (Lipinski definition) is 0. The van der Waals surface area contributed by atoms with Crippen molar-refractivity contribution in [3.63, 3.8) is 0 Å². The Morgan fingerprint density at radius 2 is 2.22 bits per heavy atom. The molecule has 0 saturated carbocycles. The van der Waals surface area contributed by atoms with E-state index in [0.717, 1.165) is 18.7 Å². The first-order chi connectivity index (χ1) is 8.52. The van der Waals surface area contributed by atoms with Gasteiger partial charge in [-0.25, -0.2) is 0 Å². The van der Waals surface area contributed by atoms with Crippen molar-refractivity contribution in [1.82, 2.24) is 19.9 Å². The maximum atomic E-state index is 11.2. The minimum atomic E-state index is 0.270. The summed E-state index contributed by atoms with van der Waals surface area (Å²) in [5.74, 6) is 0.270. The summed E-state index contributed by atoms with van der Waals surface area (Å²) in [5, 5.41) is 8.17. The maximum Gasteiger partial charge on any atom is 0.134 e. The summed E-state index contributed by atoms with van der Waals surface area (Å²) >= 11 is 0. The first-order valence-corrected chi connectivity index (χ1v) is 6.63. The highest BCUT2D eigenvalue weighted by molar-refractivity contribution is 5.77. The lowest BCUT2D eigenvalue weighted by Gasteiger charge is -2.19. The van der Waals surface area contributed by atoms with Gasteiger partial charge in [0.15, 0.2) is 0 Å². The third kappa shape index (κ3) is 4.96. The molecule has 0 radical (unpaired) electrons. The van der Waals surface area contributed by atoms with E-state index in [-0.39, 0.29) is 5.78 Å². The molecule has 1 heterocycles. The zero-order chi connectivity index (χ0) is 13.5. The molecule has 0 spiro atoms. The van der Waals surface area contributed by atoms with E-state index < -0.39 is 0 Å². The van der Waals surface area contributed by atoms with Gasteiger partial charge >= 0.3 is 0 Å². The van der Waals surface area contributed by atoms with Gasteiger partial charge < -0.3 is 4.90 Å². The number of aryl methyl sites for hydroxylation is 1. The SMILES string of the molecule is CCC(=O)CCn1cc(CCN(C)C(C)C)nn1. The van der Waals surface area contributed by atoms with Gasteiger partial charge in [-0.2, -0.15) is 0 Å². The lowest BCUT2D eigenvalue weighted by molar-refractivity contribution is -0.119. The number of aromatic nitrogens is 3. The summed E-state index contributed by atoms with van der Waals surface area (Å²) in [6, 6.07) is 0.544. The number of carbonyl (C=O) groups excluding carboxylic acids is 1. The molecule has 0 aromatic carbocycles. The average Bonchev–Trinajstić information content (AvgIpc) is 2.80. The van der Waals surface area contributed by atoms with E-state index in [4.69, 9.17) is 0 Å². The third-order valence-electron chi connectivity index (χ3n) is 3.20. The second-order valence-electron chi connectivity index (χ2n) is 4.94. The van der Waals surface area contributed by atoms with Gasteiger partial charge in [0.2, 0.25) is 0 Å². The minimum Gasteiger partial charge on any atom is -0.304 e. The number of ketones is 1. The van der Waals surface area contributed by atoms with Gasteiger partial charge in [0.05, 0.1) is 5.69 Å². The summed E-state index contributed by atoms with van der Waals surface area (Å²) < 4.78 is 1.76. The van der Waals surface area contributed by atoms with E-state index in [1.807, 2.05) is 13.1 Å². The van der Waals surface area contributed by atoms with Crippen LogP contribution in [0.15, 0.2) is 6.20 Å². The van der Waals surface area contributed by atoms with Crippen LogP contribution in [0.1, 0.15) is 39.3 Å². The molecule has 1 aromatic rings. The molecule has 0 amide bonds. The van der Waals surface area contributed by atoms with Crippen LogP contribution in [0.5, 0.6) is 0 Å². The van der Waals surface area contributed by atoms with Gasteiger partial charge in [-0.3, -0.25) is 9.48 Å². The fourth-order valence-electron chi connectivity index (χ4n) is 1.53. The topological polar surface area (TPSA) is 51.0 Å². The first-order valence-electron chi connectivity index (χ1n) is 6.63. The van der Waals surface area contributed by atoms with Gasteiger partial charge in [0, 0.05) is 44.6 Å². The highest BCUT2D eigenvalue weighted by Crippen LogP contribution is 2.01. The van der Waals surface area contributed by atoms with E-state index in [1.165, 1.54) is 0 Å². The smallest absolute Gasteiger partial charge is 0.134 e. The van der Waals surface area contributed by atoms with Crippen LogP contribution in [0.3, 0.4) is 0 Å². The summed E-state index contributed by atoms with van der Waals surface area (Å²) in [6.07, 6.45) is 3.99. The maximum absolute atomic E-state index is 11.2. The molecule has 0 aliphatic rings. The molecule has 0 unspecified atom stereocenters. The molecule has 1 rings (SSSR count). The number of nitrogens with zero attached hydrogens (tertiary/aromatic N) is 4. The summed E-state index contributed by atoms with van der Waals surface area (Å²) in [6.45, 7) is 7.85. The van der Waals surface area contributed by atoms with E-state index in [9.17, 15) is 4.79 Å². The fraction of sp³-hybridized carbons (Fsp3) is 0.769. The number of hydrogen-bond acceptors (Lipinski definition) is 4. The van der Waals surface area contributed by atoms with Crippen LogP contribution in [-0.2, 0) is 17.8 Å². The van der Waals surface area contributed by atoms with Crippen LogP contribution < -0.4 is 0 Å². The standard InChI is InChI=1S/C13H24N4O/c1-5-13(18)7-9-17-10-12(14-15-17)6-8-16(4)11(2)3/h10-11H,5-9H2,1-4H3. The normalized spacial score (nSPS) is 11.4. The molecule has 0 bridgehead atoms. The van der Waals surface area contributed by atoms with Crippen LogP contribution in [0.2, 0.25) is 0 Å². The molecule has 5 nitrogen and oxygen atoms in total. The van der Waals surface area contributed by atoms with Gasteiger partial charge in [0.25, 0.3) is 0 Å². The molecular weight excluding hydrogens is 228 g/mol. The van der Waals surface area contributed by atoms with Crippen LogP contribution >= 0.6 is 0 Å². The third-order valence-corrected chi connectivity index (χ3v) is 3.20. The van der Waals surface area contributed by atoms with Crippen molar-refractivity contribution in [3.8, 4) is 0 Å². The lowest BCUT2D eigenvalue weighted by Crippen LogP contribution is -2.28. The number of likely N-dealkylation sites (N-methyl/N-ethyl adjacent to an activating group) is 1. The zero-order valence-corrected chi connectivity index (χ0v) is 11.9. The van der Waals surface area contributed by atoms with E-state index >= 15 is 0 Å². The Kier molecular flexibility index (Phi) is 5.98. The lowest BCUT2D eigenvalue weighted by atomic mass is 10.2. The Morgan fingerprint density at radius 3 is 2.83 bits per heavy atom. The predicted molar refractivity (Wildman–Crippen MR) is 71.4 cm³/mol. The number of rotatable bonds is 8. The molecule has 0 aliphatic carbocycles. The molecule has 0 atom stereocenters. The Bertz CT molecular complexity index is 373. The van der Waals surface area contributed by atoms with Crippen LogP contribution in [-0.4, -0.2) is 45.3 Å². The van der Waals surface area contributed by atoms with Crippen molar-refractivity contribution < 1.29 is 4.79 Å². The highest BCUT2D eigenvalue weighted by atomic mass is 16.1. The quantitative estimate of drug-likeness (QED) is 0.704. The summed E-state index contributed by atoms with van der Waals surface area (Å²) in [4.78, 5) is 13.5. The van der Waals surface area contributed by atoms with Crippen molar-refractivity contribution in [2.24, 2.45) is 0 Å². The molecule has 1 aromatic heterocycles. The minimum absolute atomic E-state index is 0.270. The van der Waals surface area contributed by atoms with Gasteiger partial charge in [-0.1, -0.05) is 12.1 Å². The zero-order valence-electron chi connectivity index (χ0n) is 11.9. The second-order valence-corrected chi connectivity index (χ2v) is 4.94. The Hall–Kier alpha value is -1.23. The summed E-state index contributed by atoms with van der Waals surface area (Å²) in [7, 11) is 2.11.